The fraction of sp³-hybridized carbons (Fsp3) is 0.250. The quantitative estimate of drug-likeness (QED) is 0.812. The molecule has 1 N–H and O–H groups in total. The van der Waals surface area contributed by atoms with Gasteiger partial charge in [-0.25, -0.2) is 0 Å². The molecule has 2 amide bonds. The number of nitrogens with zero attached hydrogens (tertiary/aromatic N) is 2. The van der Waals surface area contributed by atoms with Crippen LogP contribution in [0.25, 0.3) is 0 Å². The summed E-state index contributed by atoms with van der Waals surface area (Å²) in [4.78, 5) is 25.7. The maximum atomic E-state index is 12.3. The minimum atomic E-state index is -0.245. The fourth-order valence-electron chi connectivity index (χ4n) is 2.56. The van der Waals surface area contributed by atoms with E-state index >= 15 is 0 Å². The van der Waals surface area contributed by atoms with Crippen LogP contribution < -0.4 is 19.7 Å². The molecule has 2 aromatic carbocycles. The molecule has 0 saturated heterocycles. The number of benzene rings is 2. The van der Waals surface area contributed by atoms with Crippen LogP contribution in [-0.2, 0) is 9.59 Å². The number of hydrogen-bond donors (Lipinski definition) is 1. The van der Waals surface area contributed by atoms with Crippen molar-refractivity contribution in [2.75, 3.05) is 31.0 Å². The molecule has 0 radical (unpaired) electrons. The van der Waals surface area contributed by atoms with Crippen molar-refractivity contribution < 1.29 is 19.1 Å². The van der Waals surface area contributed by atoms with Gasteiger partial charge in [-0.05, 0) is 30.3 Å². The summed E-state index contributed by atoms with van der Waals surface area (Å²) in [5.41, 5.74) is 1.60. The first kappa shape index (κ1) is 19.8. The lowest BCUT2D eigenvalue weighted by atomic mass is 10.2. The number of anilines is 2. The van der Waals surface area contributed by atoms with Crippen LogP contribution in [0.3, 0.4) is 0 Å². The molecule has 0 spiro atoms. The topological polar surface area (TPSA) is 91.7 Å². The largest absolute Gasteiger partial charge is 0.493 e. The SMILES string of the molecule is COc1ccc(NC(=O)CCN(C(C)=O)c2cccc(C#N)c2)cc1OC. The molecule has 0 bridgehead atoms. The highest BCUT2D eigenvalue weighted by Crippen LogP contribution is 2.29. The maximum Gasteiger partial charge on any atom is 0.226 e. The van der Waals surface area contributed by atoms with Crippen LogP contribution in [0, 0.1) is 11.3 Å². The Labute approximate surface area is 158 Å². The highest BCUT2D eigenvalue weighted by Gasteiger charge is 2.14. The second kappa shape index (κ2) is 9.25. The first-order chi connectivity index (χ1) is 13.0. The number of carbonyl (C=O) groups excluding carboxylic acids is 2. The monoisotopic (exact) mass is 367 g/mol. The Morgan fingerprint density at radius 2 is 1.85 bits per heavy atom. The number of ether oxygens (including phenoxy) is 2. The van der Waals surface area contributed by atoms with Crippen molar-refractivity contribution in [3.05, 3.63) is 48.0 Å². The molecule has 0 atom stereocenters. The third kappa shape index (κ3) is 5.22. The van der Waals surface area contributed by atoms with E-state index < -0.39 is 0 Å². The zero-order valence-electron chi connectivity index (χ0n) is 15.5. The van der Waals surface area contributed by atoms with Gasteiger partial charge < -0.3 is 19.7 Å². The molecule has 2 aromatic rings. The summed E-state index contributed by atoms with van der Waals surface area (Å²) in [6, 6.07) is 13.8. The van der Waals surface area contributed by atoms with Crippen LogP contribution in [-0.4, -0.2) is 32.6 Å². The van der Waals surface area contributed by atoms with Gasteiger partial charge in [0.25, 0.3) is 0 Å². The summed E-state index contributed by atoms with van der Waals surface area (Å²) < 4.78 is 10.4. The average molecular weight is 367 g/mol. The minimum absolute atomic E-state index is 0.102. The number of carbonyl (C=O) groups is 2. The number of methoxy groups -OCH3 is 2. The van der Waals surface area contributed by atoms with Gasteiger partial charge in [0.1, 0.15) is 0 Å². The summed E-state index contributed by atoms with van der Waals surface area (Å²) in [5, 5.41) is 11.8. The average Bonchev–Trinajstić information content (AvgIpc) is 2.67. The van der Waals surface area contributed by atoms with Gasteiger partial charge in [-0.2, -0.15) is 5.26 Å². The first-order valence-corrected chi connectivity index (χ1v) is 8.28. The van der Waals surface area contributed by atoms with E-state index in [-0.39, 0.29) is 24.8 Å². The van der Waals surface area contributed by atoms with E-state index in [0.717, 1.165) is 0 Å². The molecule has 140 valence electrons. The molecule has 0 aliphatic rings. The smallest absolute Gasteiger partial charge is 0.226 e. The van der Waals surface area contributed by atoms with Gasteiger partial charge >= 0.3 is 0 Å². The van der Waals surface area contributed by atoms with E-state index in [2.05, 4.69) is 5.32 Å². The van der Waals surface area contributed by atoms with Crippen molar-refractivity contribution >= 4 is 23.2 Å². The predicted octanol–water partition coefficient (Wildman–Crippen LogP) is 2.96. The molecular formula is C20H21N3O4. The highest BCUT2D eigenvalue weighted by atomic mass is 16.5. The summed E-state index contributed by atoms with van der Waals surface area (Å²) in [5.74, 6) is 0.624. The third-order valence-corrected chi connectivity index (χ3v) is 3.90. The molecule has 27 heavy (non-hydrogen) atoms. The molecule has 0 saturated carbocycles. The molecule has 2 rings (SSSR count). The summed E-state index contributed by atoms with van der Waals surface area (Å²) in [6.07, 6.45) is 0.102. The number of nitriles is 1. The molecule has 7 nitrogen and oxygen atoms in total. The number of nitrogens with one attached hydrogen (secondary N) is 1. The molecule has 0 unspecified atom stereocenters. The van der Waals surface area contributed by atoms with Crippen LogP contribution >= 0.6 is 0 Å². The Morgan fingerprint density at radius 1 is 1.11 bits per heavy atom. The minimum Gasteiger partial charge on any atom is -0.493 e. The van der Waals surface area contributed by atoms with Crippen LogP contribution in [0.4, 0.5) is 11.4 Å². The molecule has 0 fully saturated rings. The van der Waals surface area contributed by atoms with Gasteiger partial charge in [0, 0.05) is 37.3 Å². The lowest BCUT2D eigenvalue weighted by Crippen LogP contribution is -2.32. The van der Waals surface area contributed by atoms with Crippen molar-refractivity contribution in [3.63, 3.8) is 0 Å². The third-order valence-electron chi connectivity index (χ3n) is 3.90. The highest BCUT2D eigenvalue weighted by molar-refractivity contribution is 5.95. The number of hydrogen-bond acceptors (Lipinski definition) is 5. The van der Waals surface area contributed by atoms with E-state index in [1.165, 1.54) is 26.0 Å². The Kier molecular flexibility index (Phi) is 6.78. The van der Waals surface area contributed by atoms with Crippen LogP contribution in [0.5, 0.6) is 11.5 Å². The van der Waals surface area contributed by atoms with E-state index in [1.807, 2.05) is 6.07 Å². The summed E-state index contributed by atoms with van der Waals surface area (Å²) in [7, 11) is 3.05. The Bertz CT molecular complexity index is 874. The van der Waals surface area contributed by atoms with Crippen molar-refractivity contribution in [1.82, 2.24) is 0 Å². The molecule has 7 heteroatoms. The second-order valence-corrected chi connectivity index (χ2v) is 5.70. The molecular weight excluding hydrogens is 346 g/mol. The van der Waals surface area contributed by atoms with E-state index in [1.54, 1.807) is 42.5 Å². The predicted molar refractivity (Wildman–Crippen MR) is 102 cm³/mol. The normalized spacial score (nSPS) is 9.85. The summed E-state index contributed by atoms with van der Waals surface area (Å²) in [6.45, 7) is 1.62. The van der Waals surface area contributed by atoms with Crippen LogP contribution in [0.15, 0.2) is 42.5 Å². The first-order valence-electron chi connectivity index (χ1n) is 8.28. The molecule has 0 heterocycles. The van der Waals surface area contributed by atoms with Crippen molar-refractivity contribution in [1.29, 1.82) is 5.26 Å². The van der Waals surface area contributed by atoms with Crippen molar-refractivity contribution in [2.24, 2.45) is 0 Å². The lowest BCUT2D eigenvalue weighted by molar-refractivity contribution is -0.117. The van der Waals surface area contributed by atoms with Gasteiger partial charge in [-0.15, -0.1) is 0 Å². The Balaban J connectivity index is 2.04. The standard InChI is InChI=1S/C20H21N3O4/c1-14(24)23(17-6-4-5-15(11-17)13-21)10-9-20(25)22-16-7-8-18(26-2)19(12-16)27-3/h4-8,11-12H,9-10H2,1-3H3,(H,22,25). The fourth-order valence-corrected chi connectivity index (χ4v) is 2.56. The van der Waals surface area contributed by atoms with Gasteiger partial charge in [-0.3, -0.25) is 9.59 Å². The maximum absolute atomic E-state index is 12.3. The van der Waals surface area contributed by atoms with Crippen molar-refractivity contribution in [2.45, 2.75) is 13.3 Å². The van der Waals surface area contributed by atoms with E-state index in [4.69, 9.17) is 14.7 Å². The molecule has 0 aromatic heterocycles. The molecule has 0 aliphatic carbocycles. The number of rotatable bonds is 7. The Hall–Kier alpha value is -3.53. The van der Waals surface area contributed by atoms with Gasteiger partial charge in [-0.1, -0.05) is 6.07 Å². The van der Waals surface area contributed by atoms with Crippen LogP contribution in [0.1, 0.15) is 18.9 Å². The van der Waals surface area contributed by atoms with E-state index in [9.17, 15) is 9.59 Å². The van der Waals surface area contributed by atoms with Gasteiger partial charge in [0.15, 0.2) is 11.5 Å². The van der Waals surface area contributed by atoms with Gasteiger partial charge in [0.2, 0.25) is 11.8 Å². The molecule has 0 aliphatic heterocycles. The zero-order valence-corrected chi connectivity index (χ0v) is 15.5. The lowest BCUT2D eigenvalue weighted by Gasteiger charge is -2.21. The van der Waals surface area contributed by atoms with Crippen molar-refractivity contribution in [3.8, 4) is 17.6 Å². The second-order valence-electron chi connectivity index (χ2n) is 5.70. The Morgan fingerprint density at radius 3 is 2.48 bits per heavy atom. The van der Waals surface area contributed by atoms with Gasteiger partial charge in [0.05, 0.1) is 25.9 Å². The zero-order chi connectivity index (χ0) is 19.8. The summed E-state index contributed by atoms with van der Waals surface area (Å²) >= 11 is 0. The number of amides is 2. The van der Waals surface area contributed by atoms with Crippen LogP contribution in [0.2, 0.25) is 0 Å². The van der Waals surface area contributed by atoms with E-state index in [0.29, 0.717) is 28.4 Å².